The summed E-state index contributed by atoms with van der Waals surface area (Å²) < 4.78 is 27.1. The minimum Gasteiger partial charge on any atom is -0.247 e. The van der Waals surface area contributed by atoms with Crippen molar-refractivity contribution in [3.8, 4) is 6.07 Å². The first kappa shape index (κ1) is 10.2. The first-order chi connectivity index (χ1) is 7.67. The van der Waals surface area contributed by atoms with Crippen LogP contribution in [0, 0.1) is 23.0 Å². The fourth-order valence-corrected chi connectivity index (χ4v) is 1.31. The van der Waals surface area contributed by atoms with Crippen LogP contribution in [0.5, 0.6) is 0 Å². The molecule has 0 aliphatic heterocycles. The van der Waals surface area contributed by atoms with E-state index in [4.69, 9.17) is 5.26 Å². The van der Waals surface area contributed by atoms with Crippen LogP contribution in [0.25, 0.3) is 0 Å². The summed E-state index contributed by atoms with van der Waals surface area (Å²) in [5.74, 6) is -1.26. The fraction of sp³-hybridized carbons (Fsp3) is 0.100. The van der Waals surface area contributed by atoms with Gasteiger partial charge in [-0.3, -0.25) is 0 Å². The third-order valence-corrected chi connectivity index (χ3v) is 1.90. The van der Waals surface area contributed by atoms with Gasteiger partial charge in [0.15, 0.2) is 0 Å². The number of halogens is 2. The molecule has 0 aliphatic rings. The molecular formula is C10H6F2N4. The molecule has 0 N–H and O–H groups in total. The Morgan fingerprint density at radius 3 is 2.50 bits per heavy atom. The van der Waals surface area contributed by atoms with Crippen molar-refractivity contribution in [3.63, 3.8) is 0 Å². The van der Waals surface area contributed by atoms with Crippen LogP contribution in [0.1, 0.15) is 11.4 Å². The van der Waals surface area contributed by atoms with E-state index in [0.717, 1.165) is 6.07 Å². The van der Waals surface area contributed by atoms with Gasteiger partial charge in [0.05, 0.1) is 6.54 Å². The first-order valence-electron chi connectivity index (χ1n) is 4.42. The molecule has 1 aromatic heterocycles. The molecule has 2 aromatic rings. The first-order valence-corrected chi connectivity index (χ1v) is 4.42. The molecule has 0 saturated heterocycles. The number of rotatable bonds is 2. The van der Waals surface area contributed by atoms with Gasteiger partial charge in [-0.05, 0) is 17.7 Å². The summed E-state index contributed by atoms with van der Waals surface area (Å²) >= 11 is 0. The average Bonchev–Trinajstić information content (AvgIpc) is 2.64. The molecule has 0 radical (unpaired) electrons. The van der Waals surface area contributed by atoms with Crippen molar-refractivity contribution < 1.29 is 8.78 Å². The van der Waals surface area contributed by atoms with Gasteiger partial charge in [-0.2, -0.15) is 5.26 Å². The van der Waals surface area contributed by atoms with Crippen LogP contribution >= 0.6 is 0 Å². The molecule has 0 fully saturated rings. The maximum atomic E-state index is 12.9. The van der Waals surface area contributed by atoms with Crippen LogP contribution in [-0.2, 0) is 6.54 Å². The summed E-state index contributed by atoms with van der Waals surface area (Å²) in [5.41, 5.74) is 0.423. The second-order valence-corrected chi connectivity index (χ2v) is 3.16. The zero-order chi connectivity index (χ0) is 11.5. The molecule has 4 nitrogen and oxygen atoms in total. The lowest BCUT2D eigenvalue weighted by atomic mass is 10.2. The van der Waals surface area contributed by atoms with E-state index >= 15 is 0 Å². The summed E-state index contributed by atoms with van der Waals surface area (Å²) in [6, 6.07) is 4.97. The van der Waals surface area contributed by atoms with Crippen LogP contribution in [-0.4, -0.2) is 14.8 Å². The zero-order valence-electron chi connectivity index (χ0n) is 8.06. The van der Waals surface area contributed by atoms with Gasteiger partial charge in [0.1, 0.15) is 24.0 Å². The molecule has 0 saturated carbocycles. The second-order valence-electron chi connectivity index (χ2n) is 3.16. The quantitative estimate of drug-likeness (QED) is 0.770. The van der Waals surface area contributed by atoms with Crippen molar-refractivity contribution in [2.45, 2.75) is 6.54 Å². The molecule has 2 rings (SSSR count). The predicted octanol–water partition coefficient (Wildman–Crippen LogP) is 1.48. The van der Waals surface area contributed by atoms with Crippen molar-refractivity contribution >= 4 is 0 Å². The van der Waals surface area contributed by atoms with E-state index in [1.54, 1.807) is 6.07 Å². The van der Waals surface area contributed by atoms with Crippen molar-refractivity contribution in [2.24, 2.45) is 0 Å². The Morgan fingerprint density at radius 2 is 1.94 bits per heavy atom. The molecule has 80 valence electrons. The maximum absolute atomic E-state index is 12.9. The Hall–Kier alpha value is -2.29. The normalized spacial score (nSPS) is 10.1. The summed E-state index contributed by atoms with van der Waals surface area (Å²) in [7, 11) is 0. The third-order valence-electron chi connectivity index (χ3n) is 1.90. The molecular weight excluding hydrogens is 214 g/mol. The second kappa shape index (κ2) is 4.06. The SMILES string of the molecule is N#Cc1ncn(Cc2cc(F)cc(F)c2)n1. The molecule has 0 unspecified atom stereocenters. The average molecular weight is 220 g/mol. The fourth-order valence-electron chi connectivity index (χ4n) is 1.31. The topological polar surface area (TPSA) is 54.5 Å². The van der Waals surface area contributed by atoms with E-state index in [1.807, 2.05) is 0 Å². The van der Waals surface area contributed by atoms with Gasteiger partial charge in [0, 0.05) is 6.07 Å². The summed E-state index contributed by atoms with van der Waals surface area (Å²) in [4.78, 5) is 3.68. The van der Waals surface area contributed by atoms with E-state index < -0.39 is 11.6 Å². The molecule has 0 amide bonds. The number of aromatic nitrogens is 3. The zero-order valence-corrected chi connectivity index (χ0v) is 8.06. The van der Waals surface area contributed by atoms with E-state index in [-0.39, 0.29) is 12.4 Å². The lowest BCUT2D eigenvalue weighted by Gasteiger charge is -2.01. The van der Waals surface area contributed by atoms with Crippen molar-refractivity contribution in [1.29, 1.82) is 5.26 Å². The summed E-state index contributed by atoms with van der Waals surface area (Å²) in [6.07, 6.45) is 1.33. The van der Waals surface area contributed by atoms with E-state index in [9.17, 15) is 8.78 Å². The van der Waals surface area contributed by atoms with Gasteiger partial charge in [-0.15, -0.1) is 5.10 Å². The van der Waals surface area contributed by atoms with Crippen LogP contribution in [0.15, 0.2) is 24.5 Å². The molecule has 1 aromatic carbocycles. The van der Waals surface area contributed by atoms with Gasteiger partial charge >= 0.3 is 0 Å². The molecule has 6 heteroatoms. The standard InChI is InChI=1S/C10H6F2N4/c11-8-1-7(2-9(12)3-8)5-16-6-14-10(4-13)15-16/h1-3,6H,5H2. The molecule has 0 spiro atoms. The third kappa shape index (κ3) is 2.20. The van der Waals surface area contributed by atoms with E-state index in [2.05, 4.69) is 10.1 Å². The number of nitrogens with zero attached hydrogens (tertiary/aromatic N) is 4. The highest BCUT2D eigenvalue weighted by molar-refractivity contribution is 5.18. The monoisotopic (exact) mass is 220 g/mol. The highest BCUT2D eigenvalue weighted by Crippen LogP contribution is 2.09. The van der Waals surface area contributed by atoms with Crippen LogP contribution in [0.4, 0.5) is 8.78 Å². The van der Waals surface area contributed by atoms with Gasteiger partial charge in [-0.1, -0.05) is 0 Å². The van der Waals surface area contributed by atoms with Crippen molar-refractivity contribution in [3.05, 3.63) is 47.5 Å². The maximum Gasteiger partial charge on any atom is 0.252 e. The van der Waals surface area contributed by atoms with Crippen LogP contribution < -0.4 is 0 Å². The Labute approximate surface area is 89.8 Å². The van der Waals surface area contributed by atoms with Crippen molar-refractivity contribution in [1.82, 2.24) is 14.8 Å². The minimum absolute atomic E-state index is 0.0249. The summed E-state index contributed by atoms with van der Waals surface area (Å²) in [5, 5.41) is 12.3. The lowest BCUT2D eigenvalue weighted by molar-refractivity contribution is 0.574. The highest BCUT2D eigenvalue weighted by atomic mass is 19.1. The molecule has 0 aliphatic carbocycles. The molecule has 1 heterocycles. The highest BCUT2D eigenvalue weighted by Gasteiger charge is 2.03. The number of benzene rings is 1. The molecule has 0 bridgehead atoms. The van der Waals surface area contributed by atoms with Gasteiger partial charge in [-0.25, -0.2) is 18.4 Å². The minimum atomic E-state index is -0.643. The van der Waals surface area contributed by atoms with E-state index in [0.29, 0.717) is 5.56 Å². The Bertz CT molecular complexity index is 536. The van der Waals surface area contributed by atoms with Crippen LogP contribution in [0.2, 0.25) is 0 Å². The number of hydrogen-bond acceptors (Lipinski definition) is 3. The molecule has 16 heavy (non-hydrogen) atoms. The number of hydrogen-bond donors (Lipinski definition) is 0. The molecule has 0 atom stereocenters. The predicted molar refractivity (Wildman–Crippen MR) is 50.2 cm³/mol. The number of nitriles is 1. The largest absolute Gasteiger partial charge is 0.252 e. The lowest BCUT2D eigenvalue weighted by Crippen LogP contribution is -2.01. The smallest absolute Gasteiger partial charge is 0.247 e. The van der Waals surface area contributed by atoms with Crippen molar-refractivity contribution in [2.75, 3.05) is 0 Å². The van der Waals surface area contributed by atoms with Gasteiger partial charge < -0.3 is 0 Å². The van der Waals surface area contributed by atoms with E-state index in [1.165, 1.54) is 23.1 Å². The summed E-state index contributed by atoms with van der Waals surface area (Å²) in [6.45, 7) is 0.170. The van der Waals surface area contributed by atoms with Gasteiger partial charge in [0.25, 0.3) is 5.82 Å². The Morgan fingerprint density at radius 1 is 1.25 bits per heavy atom. The van der Waals surface area contributed by atoms with Crippen LogP contribution in [0.3, 0.4) is 0 Å². The Balaban J connectivity index is 2.23. The Kier molecular flexibility index (Phi) is 2.60. The van der Waals surface area contributed by atoms with Gasteiger partial charge in [0.2, 0.25) is 0 Å².